The van der Waals surface area contributed by atoms with Crippen molar-refractivity contribution in [2.24, 2.45) is 11.8 Å². The minimum absolute atomic E-state index is 0.170. The molecule has 0 unspecified atom stereocenters. The zero-order valence-electron chi connectivity index (χ0n) is 6.88. The lowest BCUT2D eigenvalue weighted by molar-refractivity contribution is -0.192. The van der Waals surface area contributed by atoms with Crippen molar-refractivity contribution in [3.8, 4) is 6.07 Å². The largest absolute Gasteiger partial charge is 0.393 e. The maximum atomic E-state index is 12.2. The molecule has 0 radical (unpaired) electrons. The van der Waals surface area contributed by atoms with Gasteiger partial charge in [0.25, 0.3) is 0 Å². The van der Waals surface area contributed by atoms with Gasteiger partial charge < -0.3 is 5.11 Å². The summed E-state index contributed by atoms with van der Waals surface area (Å²) < 4.78 is 36.6. The van der Waals surface area contributed by atoms with Crippen LogP contribution in [0.3, 0.4) is 0 Å². The van der Waals surface area contributed by atoms with Crippen molar-refractivity contribution in [2.45, 2.75) is 31.5 Å². The Balaban J connectivity index is 2.64. The maximum Gasteiger partial charge on any atom is 0.391 e. The summed E-state index contributed by atoms with van der Waals surface area (Å²) >= 11 is 0. The lowest BCUT2D eigenvalue weighted by atomic mass is 9.80. The summed E-state index contributed by atoms with van der Waals surface area (Å²) in [6, 6.07) is 1.78. The summed E-state index contributed by atoms with van der Waals surface area (Å²) in [5.74, 6) is -2.17. The van der Waals surface area contributed by atoms with Crippen molar-refractivity contribution in [3.63, 3.8) is 0 Å². The summed E-state index contributed by atoms with van der Waals surface area (Å²) in [6.45, 7) is 0. The number of aliphatic hydroxyl groups excluding tert-OH is 1. The minimum atomic E-state index is -4.28. The first-order valence-electron chi connectivity index (χ1n) is 4.08. The molecule has 1 aliphatic carbocycles. The van der Waals surface area contributed by atoms with Crippen LogP contribution >= 0.6 is 0 Å². The monoisotopic (exact) mass is 193 g/mol. The topological polar surface area (TPSA) is 44.0 Å². The lowest BCUT2D eigenvalue weighted by Crippen LogP contribution is -2.34. The van der Waals surface area contributed by atoms with Gasteiger partial charge in [-0.05, 0) is 19.3 Å². The summed E-state index contributed by atoms with van der Waals surface area (Å²) in [5, 5.41) is 17.6. The minimum Gasteiger partial charge on any atom is -0.393 e. The number of rotatable bonds is 0. The van der Waals surface area contributed by atoms with Crippen LogP contribution in [0.4, 0.5) is 13.2 Å². The molecule has 0 heterocycles. The van der Waals surface area contributed by atoms with Gasteiger partial charge in [-0.25, -0.2) is 0 Å². The first-order valence-corrected chi connectivity index (χ1v) is 4.08. The van der Waals surface area contributed by atoms with E-state index in [1.807, 2.05) is 0 Å². The Morgan fingerprint density at radius 2 is 1.85 bits per heavy atom. The van der Waals surface area contributed by atoms with Crippen molar-refractivity contribution in [1.82, 2.24) is 0 Å². The van der Waals surface area contributed by atoms with E-state index in [9.17, 15) is 13.2 Å². The van der Waals surface area contributed by atoms with Crippen LogP contribution in [0, 0.1) is 23.2 Å². The van der Waals surface area contributed by atoms with Crippen molar-refractivity contribution >= 4 is 0 Å². The Bertz CT molecular complexity index is 220. The number of alkyl halides is 3. The van der Waals surface area contributed by atoms with Crippen molar-refractivity contribution < 1.29 is 18.3 Å². The van der Waals surface area contributed by atoms with E-state index in [-0.39, 0.29) is 19.3 Å². The highest BCUT2D eigenvalue weighted by Crippen LogP contribution is 2.39. The van der Waals surface area contributed by atoms with E-state index < -0.39 is 24.1 Å². The molecule has 2 nitrogen and oxygen atoms in total. The van der Waals surface area contributed by atoms with E-state index in [0.29, 0.717) is 0 Å². The molecule has 13 heavy (non-hydrogen) atoms. The maximum absolute atomic E-state index is 12.2. The summed E-state index contributed by atoms with van der Waals surface area (Å²) in [4.78, 5) is 0. The first-order chi connectivity index (χ1) is 5.93. The van der Waals surface area contributed by atoms with E-state index in [4.69, 9.17) is 10.4 Å². The van der Waals surface area contributed by atoms with Gasteiger partial charge in [-0.3, -0.25) is 0 Å². The van der Waals surface area contributed by atoms with E-state index in [2.05, 4.69) is 0 Å². The quantitative estimate of drug-likeness (QED) is 0.638. The normalized spacial score (nSPS) is 35.5. The second-order valence-corrected chi connectivity index (χ2v) is 3.43. The Morgan fingerprint density at radius 3 is 2.31 bits per heavy atom. The number of nitrogens with zero attached hydrogens (tertiary/aromatic N) is 1. The highest BCUT2D eigenvalue weighted by Gasteiger charge is 2.44. The van der Waals surface area contributed by atoms with Gasteiger partial charge in [0, 0.05) is 5.92 Å². The summed E-state index contributed by atoms with van der Waals surface area (Å²) in [6.07, 6.45) is -5.52. The second kappa shape index (κ2) is 3.54. The Kier molecular flexibility index (Phi) is 2.81. The van der Waals surface area contributed by atoms with Crippen molar-refractivity contribution in [1.29, 1.82) is 5.26 Å². The summed E-state index contributed by atoms with van der Waals surface area (Å²) in [7, 11) is 0. The number of halogens is 3. The standard InChI is InChI=1S/C8H10F3NO/c9-8(10,11)6-1-5(4-12)2-7(13)3-6/h5-7,13H,1-3H2/t5-,6-,7+/m0/s1. The molecule has 5 heteroatoms. The van der Waals surface area contributed by atoms with Crippen LogP contribution in [0.15, 0.2) is 0 Å². The Labute approximate surface area is 74.0 Å². The predicted molar refractivity (Wildman–Crippen MR) is 38.5 cm³/mol. The number of aliphatic hydroxyl groups is 1. The highest BCUT2D eigenvalue weighted by atomic mass is 19.4. The van der Waals surface area contributed by atoms with Crippen LogP contribution in [0.5, 0.6) is 0 Å². The smallest absolute Gasteiger partial charge is 0.391 e. The van der Waals surface area contributed by atoms with Gasteiger partial charge in [0.2, 0.25) is 0 Å². The van der Waals surface area contributed by atoms with E-state index >= 15 is 0 Å². The molecule has 0 aliphatic heterocycles. The van der Waals surface area contributed by atoms with Gasteiger partial charge in [0.05, 0.1) is 18.1 Å². The van der Waals surface area contributed by atoms with Crippen LogP contribution in [0.25, 0.3) is 0 Å². The van der Waals surface area contributed by atoms with Gasteiger partial charge in [0.15, 0.2) is 0 Å². The number of hydrogen-bond donors (Lipinski definition) is 1. The molecular weight excluding hydrogens is 183 g/mol. The third kappa shape index (κ3) is 2.59. The average molecular weight is 193 g/mol. The molecule has 0 aromatic carbocycles. The zero-order valence-corrected chi connectivity index (χ0v) is 6.88. The average Bonchev–Trinajstić information content (AvgIpc) is 2.01. The number of nitriles is 1. The van der Waals surface area contributed by atoms with Crippen LogP contribution in [-0.2, 0) is 0 Å². The van der Waals surface area contributed by atoms with E-state index in [0.717, 1.165) is 0 Å². The fourth-order valence-electron chi connectivity index (χ4n) is 1.66. The third-order valence-corrected chi connectivity index (χ3v) is 2.33. The fourth-order valence-corrected chi connectivity index (χ4v) is 1.66. The molecule has 0 spiro atoms. The van der Waals surface area contributed by atoms with Crippen molar-refractivity contribution in [3.05, 3.63) is 0 Å². The molecule has 74 valence electrons. The Morgan fingerprint density at radius 1 is 1.23 bits per heavy atom. The molecular formula is C8H10F3NO. The second-order valence-electron chi connectivity index (χ2n) is 3.43. The lowest BCUT2D eigenvalue weighted by Gasteiger charge is -2.30. The van der Waals surface area contributed by atoms with E-state index in [1.54, 1.807) is 6.07 Å². The predicted octanol–water partition coefficient (Wildman–Crippen LogP) is 1.85. The molecule has 1 N–H and O–H groups in total. The van der Waals surface area contributed by atoms with E-state index in [1.165, 1.54) is 0 Å². The molecule has 0 saturated heterocycles. The summed E-state index contributed by atoms with van der Waals surface area (Å²) in [5.41, 5.74) is 0. The fraction of sp³-hybridized carbons (Fsp3) is 0.875. The van der Waals surface area contributed by atoms with Crippen LogP contribution in [0.2, 0.25) is 0 Å². The van der Waals surface area contributed by atoms with Crippen LogP contribution in [-0.4, -0.2) is 17.4 Å². The molecule has 3 atom stereocenters. The third-order valence-electron chi connectivity index (χ3n) is 2.33. The zero-order chi connectivity index (χ0) is 10.1. The molecule has 0 aromatic rings. The van der Waals surface area contributed by atoms with Gasteiger partial charge in [-0.15, -0.1) is 0 Å². The van der Waals surface area contributed by atoms with Gasteiger partial charge >= 0.3 is 6.18 Å². The van der Waals surface area contributed by atoms with Gasteiger partial charge in [-0.1, -0.05) is 0 Å². The van der Waals surface area contributed by atoms with Crippen LogP contribution < -0.4 is 0 Å². The molecule has 0 amide bonds. The number of hydrogen-bond acceptors (Lipinski definition) is 2. The Hall–Kier alpha value is -0.760. The van der Waals surface area contributed by atoms with Gasteiger partial charge in [0.1, 0.15) is 0 Å². The van der Waals surface area contributed by atoms with Crippen LogP contribution in [0.1, 0.15) is 19.3 Å². The van der Waals surface area contributed by atoms with Gasteiger partial charge in [-0.2, -0.15) is 18.4 Å². The highest BCUT2D eigenvalue weighted by molar-refractivity contribution is 4.92. The molecule has 1 fully saturated rings. The van der Waals surface area contributed by atoms with Crippen molar-refractivity contribution in [2.75, 3.05) is 0 Å². The molecule has 0 aromatic heterocycles. The molecule has 1 saturated carbocycles. The first kappa shape index (κ1) is 10.3. The molecule has 0 bridgehead atoms. The molecule has 1 rings (SSSR count). The molecule has 1 aliphatic rings. The SMILES string of the molecule is N#C[C@@H]1C[C@@H](O)C[C@@H](C(F)(F)F)C1.